The van der Waals surface area contributed by atoms with Gasteiger partial charge in [-0.05, 0) is 41.2 Å². The van der Waals surface area contributed by atoms with E-state index in [1.54, 1.807) is 0 Å². The predicted octanol–water partition coefficient (Wildman–Crippen LogP) is 4.79. The lowest BCUT2D eigenvalue weighted by atomic mass is 9.72. The second-order valence-electron chi connectivity index (χ2n) is 9.33. The first-order valence-electron chi connectivity index (χ1n) is 8.57. The van der Waals surface area contributed by atoms with Crippen LogP contribution in [-0.2, 0) is 9.59 Å². The average molecular weight is 300 g/mol. The summed E-state index contributed by atoms with van der Waals surface area (Å²) < 4.78 is 0. The zero-order valence-corrected chi connectivity index (χ0v) is 14.9. The molecule has 2 heteroatoms. The number of Topliss-reactive ketones (excluding diaryl/α,β-unsaturated/α-hetero) is 2. The fourth-order valence-corrected chi connectivity index (χ4v) is 4.61. The fraction of sp³-hybridized carbons (Fsp3) is 0.700. The van der Waals surface area contributed by atoms with E-state index in [1.165, 1.54) is 11.1 Å². The van der Waals surface area contributed by atoms with Gasteiger partial charge in [0.1, 0.15) is 0 Å². The van der Waals surface area contributed by atoms with Gasteiger partial charge in [0.2, 0.25) is 11.6 Å². The number of ketones is 2. The van der Waals surface area contributed by atoms with Crippen LogP contribution >= 0.6 is 0 Å². The van der Waals surface area contributed by atoms with Gasteiger partial charge in [-0.3, -0.25) is 9.59 Å². The Morgan fingerprint density at radius 1 is 0.818 bits per heavy atom. The molecule has 0 aliphatic heterocycles. The Balaban J connectivity index is 2.30. The van der Waals surface area contributed by atoms with E-state index in [1.807, 2.05) is 0 Å². The van der Waals surface area contributed by atoms with E-state index in [2.05, 4.69) is 41.5 Å². The second-order valence-corrected chi connectivity index (χ2v) is 9.33. The molecule has 1 spiro atoms. The average Bonchev–Trinajstić information content (AvgIpc) is 3.03. The minimum Gasteiger partial charge on any atom is -0.289 e. The van der Waals surface area contributed by atoms with Crippen molar-refractivity contribution in [3.8, 4) is 0 Å². The Bertz CT molecular complexity index is 624. The molecule has 2 saturated carbocycles. The van der Waals surface area contributed by atoms with Gasteiger partial charge in [0.05, 0.1) is 5.41 Å². The van der Waals surface area contributed by atoms with Crippen molar-refractivity contribution in [2.75, 3.05) is 0 Å². The van der Waals surface area contributed by atoms with Crippen molar-refractivity contribution in [1.82, 2.24) is 0 Å². The maximum atomic E-state index is 12.9. The van der Waals surface area contributed by atoms with Crippen LogP contribution in [0.25, 0.3) is 0 Å². The van der Waals surface area contributed by atoms with Gasteiger partial charge in [0, 0.05) is 5.57 Å². The molecule has 2 fully saturated rings. The lowest BCUT2D eigenvalue weighted by Gasteiger charge is -2.30. The highest BCUT2D eigenvalue weighted by molar-refractivity contribution is 6.51. The van der Waals surface area contributed by atoms with Crippen LogP contribution in [0.2, 0.25) is 0 Å². The molecule has 0 atom stereocenters. The van der Waals surface area contributed by atoms with Crippen LogP contribution < -0.4 is 0 Å². The molecule has 22 heavy (non-hydrogen) atoms. The van der Waals surface area contributed by atoms with Crippen LogP contribution in [-0.4, -0.2) is 11.6 Å². The normalized spacial score (nSPS) is 25.0. The smallest absolute Gasteiger partial charge is 0.229 e. The highest BCUT2D eigenvalue weighted by atomic mass is 16.2. The number of carbonyl (C=O) groups excluding carboxylic acids is 2. The molecule has 2 nitrogen and oxygen atoms in total. The molecule has 0 bridgehead atoms. The molecule has 0 amide bonds. The Morgan fingerprint density at radius 2 is 1.32 bits per heavy atom. The molecule has 3 aliphatic rings. The Hall–Kier alpha value is -1.18. The largest absolute Gasteiger partial charge is 0.289 e. The van der Waals surface area contributed by atoms with Gasteiger partial charge in [0.15, 0.2) is 0 Å². The van der Waals surface area contributed by atoms with E-state index in [-0.39, 0.29) is 22.4 Å². The van der Waals surface area contributed by atoms with Gasteiger partial charge < -0.3 is 0 Å². The van der Waals surface area contributed by atoms with Crippen molar-refractivity contribution in [1.29, 1.82) is 0 Å². The van der Waals surface area contributed by atoms with Crippen molar-refractivity contribution < 1.29 is 9.59 Å². The van der Waals surface area contributed by atoms with E-state index in [4.69, 9.17) is 0 Å². The van der Waals surface area contributed by atoms with Gasteiger partial charge in [-0.2, -0.15) is 0 Å². The molecule has 0 radical (unpaired) electrons. The Kier molecular flexibility index (Phi) is 3.16. The van der Waals surface area contributed by atoms with Crippen molar-refractivity contribution in [2.45, 2.75) is 73.6 Å². The minimum atomic E-state index is -0.470. The van der Waals surface area contributed by atoms with Crippen LogP contribution in [0.5, 0.6) is 0 Å². The molecule has 3 rings (SSSR count). The molecule has 0 aromatic rings. The van der Waals surface area contributed by atoms with Crippen LogP contribution in [0, 0.1) is 16.2 Å². The van der Waals surface area contributed by atoms with Gasteiger partial charge in [-0.15, -0.1) is 0 Å². The summed E-state index contributed by atoms with van der Waals surface area (Å²) >= 11 is 0. The van der Waals surface area contributed by atoms with Crippen molar-refractivity contribution in [3.63, 3.8) is 0 Å². The molecule has 0 unspecified atom stereocenters. The summed E-state index contributed by atoms with van der Waals surface area (Å²) in [6, 6.07) is 0. The summed E-state index contributed by atoms with van der Waals surface area (Å²) in [6.45, 7) is 13.1. The van der Waals surface area contributed by atoms with Gasteiger partial charge in [-0.1, -0.05) is 60.0 Å². The maximum Gasteiger partial charge on any atom is 0.229 e. The third-order valence-corrected chi connectivity index (χ3v) is 5.82. The van der Waals surface area contributed by atoms with Crippen molar-refractivity contribution >= 4 is 11.6 Å². The summed E-state index contributed by atoms with van der Waals surface area (Å²) in [4.78, 5) is 25.7. The zero-order valence-electron chi connectivity index (χ0n) is 14.9. The quantitative estimate of drug-likeness (QED) is 0.603. The standard InChI is InChI=1S/C20H28O2/c1-18(2,3)12-11-13(19(4,5)6)15-14(12)16(21)17(22)20(15)9-7-8-10-20/h7-11H2,1-6H3. The number of hydrogen-bond acceptors (Lipinski definition) is 2. The molecule has 0 aromatic heterocycles. The van der Waals surface area contributed by atoms with Crippen LogP contribution in [0.1, 0.15) is 73.6 Å². The van der Waals surface area contributed by atoms with Gasteiger partial charge in [0.25, 0.3) is 0 Å². The summed E-state index contributed by atoms with van der Waals surface area (Å²) in [6.07, 6.45) is 4.75. The van der Waals surface area contributed by atoms with E-state index < -0.39 is 5.41 Å². The molecular formula is C20H28O2. The molecule has 120 valence electrons. The Labute approximate surface area is 134 Å². The number of rotatable bonds is 0. The summed E-state index contributed by atoms with van der Waals surface area (Å²) in [5.74, 6) is -0.306. The SMILES string of the molecule is CC(C)(C)C1=C2C(=O)C(=O)C3(CCCC3)C2=C(C(C)(C)C)C1. The monoisotopic (exact) mass is 300 g/mol. The van der Waals surface area contributed by atoms with E-state index >= 15 is 0 Å². The molecular weight excluding hydrogens is 272 g/mol. The maximum absolute atomic E-state index is 12.9. The Morgan fingerprint density at radius 3 is 1.77 bits per heavy atom. The van der Waals surface area contributed by atoms with Gasteiger partial charge in [-0.25, -0.2) is 0 Å². The first-order valence-corrected chi connectivity index (χ1v) is 8.57. The molecule has 0 aromatic carbocycles. The van der Waals surface area contributed by atoms with Crippen LogP contribution in [0.3, 0.4) is 0 Å². The first-order chi connectivity index (χ1) is 10.00. The van der Waals surface area contributed by atoms with Crippen molar-refractivity contribution in [2.24, 2.45) is 16.2 Å². The lowest BCUT2D eigenvalue weighted by Crippen LogP contribution is -2.29. The topological polar surface area (TPSA) is 34.1 Å². The number of hydrogen-bond donors (Lipinski definition) is 0. The molecule has 0 heterocycles. The minimum absolute atomic E-state index is 0.00801. The van der Waals surface area contributed by atoms with Gasteiger partial charge >= 0.3 is 0 Å². The predicted molar refractivity (Wildman–Crippen MR) is 88.5 cm³/mol. The highest BCUT2D eigenvalue weighted by Crippen LogP contribution is 2.61. The summed E-state index contributed by atoms with van der Waals surface area (Å²) in [5.41, 5.74) is 3.97. The van der Waals surface area contributed by atoms with Crippen LogP contribution in [0.15, 0.2) is 22.3 Å². The van der Waals surface area contributed by atoms with Crippen LogP contribution in [0.4, 0.5) is 0 Å². The van der Waals surface area contributed by atoms with Crippen molar-refractivity contribution in [3.05, 3.63) is 22.3 Å². The molecule has 3 aliphatic carbocycles. The number of carbonyl (C=O) groups is 2. The zero-order chi connectivity index (χ0) is 16.5. The third-order valence-electron chi connectivity index (χ3n) is 5.82. The summed E-state index contributed by atoms with van der Waals surface area (Å²) in [5, 5.41) is 0. The lowest BCUT2D eigenvalue weighted by molar-refractivity contribution is -0.137. The second kappa shape index (κ2) is 4.43. The third kappa shape index (κ3) is 1.92. The fourth-order valence-electron chi connectivity index (χ4n) is 4.61. The number of fused-ring (bicyclic) bond motifs is 2. The number of allylic oxidation sites excluding steroid dienone is 4. The summed E-state index contributed by atoms with van der Waals surface area (Å²) in [7, 11) is 0. The van der Waals surface area contributed by atoms with E-state index in [0.29, 0.717) is 0 Å². The van der Waals surface area contributed by atoms with E-state index in [0.717, 1.165) is 43.3 Å². The molecule has 0 saturated heterocycles. The van der Waals surface area contributed by atoms with E-state index in [9.17, 15) is 9.59 Å². The first kappa shape index (κ1) is 15.7. The highest BCUT2D eigenvalue weighted by Gasteiger charge is 2.59. The molecule has 0 N–H and O–H groups in total.